The van der Waals surface area contributed by atoms with Crippen LogP contribution in [0.3, 0.4) is 0 Å². The van der Waals surface area contributed by atoms with Gasteiger partial charge >= 0.3 is 0 Å². The van der Waals surface area contributed by atoms with E-state index in [1.807, 2.05) is 11.0 Å². The number of amides is 1. The molecule has 7 heteroatoms. The lowest BCUT2D eigenvalue weighted by atomic mass is 10.2. The van der Waals surface area contributed by atoms with Gasteiger partial charge < -0.3 is 14.7 Å². The third-order valence-electron chi connectivity index (χ3n) is 4.12. The molecule has 1 saturated heterocycles. The zero-order valence-electron chi connectivity index (χ0n) is 13.7. The molecule has 1 aromatic heterocycles. The normalized spacial score (nSPS) is 15.5. The summed E-state index contributed by atoms with van der Waals surface area (Å²) in [5, 5.41) is 6.45. The zero-order chi connectivity index (χ0) is 16.9. The molecule has 1 fully saturated rings. The minimum Gasteiger partial charge on any atom is -0.367 e. The Kier molecular flexibility index (Phi) is 5.10. The molecule has 0 atom stereocenters. The fourth-order valence-corrected chi connectivity index (χ4v) is 2.81. The van der Waals surface area contributed by atoms with E-state index < -0.39 is 0 Å². The summed E-state index contributed by atoms with van der Waals surface area (Å²) in [7, 11) is 0. The summed E-state index contributed by atoms with van der Waals surface area (Å²) in [5.41, 5.74) is 0.649. The number of halogens is 1. The van der Waals surface area contributed by atoms with Gasteiger partial charge in [0, 0.05) is 45.2 Å². The SMILES string of the molecule is Cc1cc(NC(=O)CCN2CCN(c3ccccc3F)CC2)no1. The molecule has 2 aromatic rings. The van der Waals surface area contributed by atoms with Gasteiger partial charge in [0.05, 0.1) is 5.69 Å². The highest BCUT2D eigenvalue weighted by atomic mass is 19.1. The molecule has 0 saturated carbocycles. The van der Waals surface area contributed by atoms with Gasteiger partial charge in [0.1, 0.15) is 11.6 Å². The summed E-state index contributed by atoms with van der Waals surface area (Å²) in [5.74, 6) is 0.838. The van der Waals surface area contributed by atoms with Crippen LogP contribution < -0.4 is 10.2 Å². The van der Waals surface area contributed by atoms with E-state index in [-0.39, 0.29) is 11.7 Å². The molecule has 6 nitrogen and oxygen atoms in total. The Morgan fingerprint density at radius 2 is 2.04 bits per heavy atom. The van der Waals surface area contributed by atoms with Crippen LogP contribution >= 0.6 is 0 Å². The maximum atomic E-state index is 13.8. The molecule has 1 aliphatic heterocycles. The first kappa shape index (κ1) is 16.4. The van der Waals surface area contributed by atoms with Crippen LogP contribution in [0.15, 0.2) is 34.9 Å². The van der Waals surface area contributed by atoms with E-state index in [0.717, 1.165) is 26.2 Å². The van der Waals surface area contributed by atoms with E-state index in [4.69, 9.17) is 4.52 Å². The van der Waals surface area contributed by atoms with Crippen LogP contribution in [-0.4, -0.2) is 48.7 Å². The fraction of sp³-hybridized carbons (Fsp3) is 0.412. The van der Waals surface area contributed by atoms with Gasteiger partial charge in [-0.2, -0.15) is 0 Å². The largest absolute Gasteiger partial charge is 0.367 e. The molecule has 3 rings (SSSR count). The van der Waals surface area contributed by atoms with Gasteiger partial charge in [0.2, 0.25) is 5.91 Å². The standard InChI is InChI=1S/C17H21FN4O2/c1-13-12-16(20-24-13)19-17(23)6-7-21-8-10-22(11-9-21)15-5-3-2-4-14(15)18/h2-5,12H,6-11H2,1H3,(H,19,20,23). The van der Waals surface area contributed by atoms with Gasteiger partial charge in [-0.25, -0.2) is 4.39 Å². The Bertz CT molecular complexity index is 695. The summed E-state index contributed by atoms with van der Waals surface area (Å²) in [6.07, 6.45) is 0.394. The van der Waals surface area contributed by atoms with E-state index in [9.17, 15) is 9.18 Å². The predicted octanol–water partition coefficient (Wildman–Crippen LogP) is 2.27. The van der Waals surface area contributed by atoms with Gasteiger partial charge in [0.15, 0.2) is 5.82 Å². The highest BCUT2D eigenvalue weighted by molar-refractivity contribution is 5.89. The van der Waals surface area contributed by atoms with E-state index in [2.05, 4.69) is 15.4 Å². The highest BCUT2D eigenvalue weighted by Crippen LogP contribution is 2.20. The van der Waals surface area contributed by atoms with Crippen molar-refractivity contribution in [2.75, 3.05) is 42.9 Å². The Morgan fingerprint density at radius 3 is 2.71 bits per heavy atom. The molecule has 1 N–H and O–H groups in total. The molecule has 1 aromatic carbocycles. The fourth-order valence-electron chi connectivity index (χ4n) is 2.81. The second-order valence-corrected chi connectivity index (χ2v) is 5.90. The van der Waals surface area contributed by atoms with Crippen molar-refractivity contribution in [3.05, 3.63) is 41.9 Å². The van der Waals surface area contributed by atoms with Crippen LogP contribution in [0.4, 0.5) is 15.9 Å². The number of carbonyl (C=O) groups is 1. The van der Waals surface area contributed by atoms with Gasteiger partial charge in [0.25, 0.3) is 0 Å². The number of nitrogens with zero attached hydrogens (tertiary/aromatic N) is 3. The Balaban J connectivity index is 1.42. The molecule has 2 heterocycles. The van der Waals surface area contributed by atoms with Crippen molar-refractivity contribution in [2.45, 2.75) is 13.3 Å². The summed E-state index contributed by atoms with van der Waals surface area (Å²) < 4.78 is 18.7. The quantitative estimate of drug-likeness (QED) is 0.910. The molecule has 0 spiro atoms. The van der Waals surface area contributed by atoms with Crippen molar-refractivity contribution in [3.63, 3.8) is 0 Å². The van der Waals surface area contributed by atoms with E-state index in [1.165, 1.54) is 6.07 Å². The first-order valence-corrected chi connectivity index (χ1v) is 8.07. The molecule has 0 radical (unpaired) electrons. The number of hydrogen-bond donors (Lipinski definition) is 1. The molecule has 1 amide bonds. The van der Waals surface area contributed by atoms with Crippen molar-refractivity contribution in [3.8, 4) is 0 Å². The third-order valence-corrected chi connectivity index (χ3v) is 4.12. The second kappa shape index (κ2) is 7.44. The maximum absolute atomic E-state index is 13.8. The van der Waals surface area contributed by atoms with Crippen LogP contribution in [-0.2, 0) is 4.79 Å². The number of piperazine rings is 1. The lowest BCUT2D eigenvalue weighted by Crippen LogP contribution is -2.47. The average molecular weight is 332 g/mol. The van der Waals surface area contributed by atoms with Crippen LogP contribution in [0, 0.1) is 12.7 Å². The number of benzene rings is 1. The van der Waals surface area contributed by atoms with Crippen LogP contribution in [0.25, 0.3) is 0 Å². The van der Waals surface area contributed by atoms with E-state index >= 15 is 0 Å². The number of hydrogen-bond acceptors (Lipinski definition) is 5. The maximum Gasteiger partial charge on any atom is 0.226 e. The van der Waals surface area contributed by atoms with Crippen LogP contribution in [0.1, 0.15) is 12.2 Å². The number of aryl methyl sites for hydroxylation is 1. The lowest BCUT2D eigenvalue weighted by Gasteiger charge is -2.36. The van der Waals surface area contributed by atoms with Crippen molar-refractivity contribution in [2.24, 2.45) is 0 Å². The minimum absolute atomic E-state index is 0.0835. The van der Waals surface area contributed by atoms with Gasteiger partial charge in [-0.3, -0.25) is 9.69 Å². The smallest absolute Gasteiger partial charge is 0.226 e. The van der Waals surface area contributed by atoms with Crippen LogP contribution in [0.5, 0.6) is 0 Å². The second-order valence-electron chi connectivity index (χ2n) is 5.90. The van der Waals surface area contributed by atoms with Gasteiger partial charge in [-0.15, -0.1) is 0 Å². The number of rotatable bonds is 5. The molecule has 0 bridgehead atoms. The highest BCUT2D eigenvalue weighted by Gasteiger charge is 2.19. The molecule has 0 aliphatic carbocycles. The Morgan fingerprint density at radius 1 is 1.29 bits per heavy atom. The summed E-state index contributed by atoms with van der Waals surface area (Å²) in [6, 6.07) is 8.52. The first-order valence-electron chi connectivity index (χ1n) is 8.07. The number of aromatic nitrogens is 1. The summed E-state index contributed by atoms with van der Waals surface area (Å²) in [4.78, 5) is 16.2. The summed E-state index contributed by atoms with van der Waals surface area (Å²) in [6.45, 7) is 5.58. The average Bonchev–Trinajstić information content (AvgIpc) is 2.99. The predicted molar refractivity (Wildman–Crippen MR) is 89.5 cm³/mol. The zero-order valence-corrected chi connectivity index (χ0v) is 13.7. The minimum atomic E-state index is -0.187. The monoisotopic (exact) mass is 332 g/mol. The molecule has 0 unspecified atom stereocenters. The molecule has 1 aliphatic rings. The third kappa shape index (κ3) is 4.11. The van der Waals surface area contributed by atoms with Gasteiger partial charge in [-0.1, -0.05) is 17.3 Å². The number of nitrogens with one attached hydrogen (secondary N) is 1. The molecule has 128 valence electrons. The van der Waals surface area contributed by atoms with Crippen LogP contribution in [0.2, 0.25) is 0 Å². The van der Waals surface area contributed by atoms with Crippen molar-refractivity contribution in [1.29, 1.82) is 0 Å². The van der Waals surface area contributed by atoms with E-state index in [0.29, 0.717) is 30.2 Å². The topological polar surface area (TPSA) is 61.6 Å². The molecular weight excluding hydrogens is 311 g/mol. The summed E-state index contributed by atoms with van der Waals surface area (Å²) >= 11 is 0. The lowest BCUT2D eigenvalue weighted by molar-refractivity contribution is -0.116. The number of carbonyl (C=O) groups excluding carboxylic acids is 1. The van der Waals surface area contributed by atoms with Crippen molar-refractivity contribution >= 4 is 17.4 Å². The first-order chi connectivity index (χ1) is 11.6. The number of para-hydroxylation sites is 1. The molecule has 24 heavy (non-hydrogen) atoms. The van der Waals surface area contributed by atoms with Gasteiger partial charge in [-0.05, 0) is 19.1 Å². The number of anilines is 2. The Hall–Kier alpha value is -2.41. The van der Waals surface area contributed by atoms with Crippen molar-refractivity contribution in [1.82, 2.24) is 10.1 Å². The Labute approximate surface area is 140 Å². The van der Waals surface area contributed by atoms with Crippen molar-refractivity contribution < 1.29 is 13.7 Å². The molecular formula is C17H21FN4O2. The van der Waals surface area contributed by atoms with E-state index in [1.54, 1.807) is 25.1 Å².